The highest BCUT2D eigenvalue weighted by Gasteiger charge is 2.19. The third-order valence-corrected chi connectivity index (χ3v) is 1.71. The molecule has 0 aliphatic heterocycles. The maximum Gasteiger partial charge on any atom is 0.277 e. The molecule has 0 aliphatic rings. The van der Waals surface area contributed by atoms with Gasteiger partial charge in [0.05, 0.1) is 5.69 Å². The first kappa shape index (κ1) is 7.47. The van der Waals surface area contributed by atoms with Crippen LogP contribution in [0.15, 0.2) is 10.7 Å². The second kappa shape index (κ2) is 2.16. The molecule has 0 amide bonds. The van der Waals surface area contributed by atoms with Gasteiger partial charge in [-0.05, 0) is 4.90 Å². The molecule has 0 saturated carbocycles. The molecule has 13 heavy (non-hydrogen) atoms. The van der Waals surface area contributed by atoms with E-state index in [9.17, 15) is 10.3 Å². The first-order valence-electron chi connectivity index (χ1n) is 3.37. The van der Waals surface area contributed by atoms with Crippen molar-refractivity contribution < 1.29 is 14.6 Å². The van der Waals surface area contributed by atoms with Crippen molar-refractivity contribution in [1.82, 2.24) is 5.16 Å². The van der Waals surface area contributed by atoms with E-state index in [1.165, 1.54) is 6.07 Å². The molecule has 0 saturated heterocycles. The Kier molecular flexibility index (Phi) is 1.24. The number of hydrogen-bond acceptors (Lipinski definition) is 6. The highest BCUT2D eigenvalue weighted by molar-refractivity contribution is 5.95. The highest BCUT2D eigenvalue weighted by atomic mass is 16.8. The molecule has 0 unspecified atom stereocenters. The molecule has 1 heterocycles. The minimum absolute atomic E-state index is 0.0234. The maximum atomic E-state index is 10.9. The molecule has 7 nitrogen and oxygen atoms in total. The fourth-order valence-corrected chi connectivity index (χ4v) is 1.08. The minimum atomic E-state index is -0.223. The average molecular weight is 182 g/mol. The van der Waals surface area contributed by atoms with Crippen molar-refractivity contribution in [2.45, 2.75) is 0 Å². The topological polar surface area (TPSA) is 125 Å². The molecule has 0 spiro atoms. The second-order valence-corrected chi connectivity index (χ2v) is 2.53. The number of fused-ring (bicyclic) bond motifs is 1. The number of benzene rings is 1. The summed E-state index contributed by atoms with van der Waals surface area (Å²) >= 11 is 0. The third kappa shape index (κ3) is 0.835. The molecule has 2 rings (SSSR count). The van der Waals surface area contributed by atoms with Crippen LogP contribution in [-0.4, -0.2) is 10.3 Å². The van der Waals surface area contributed by atoms with Crippen LogP contribution in [0.5, 0.6) is 5.75 Å². The Morgan fingerprint density at radius 3 is 2.92 bits per heavy atom. The molecule has 2 aromatic rings. The zero-order valence-corrected chi connectivity index (χ0v) is 6.39. The zero-order chi connectivity index (χ0) is 9.59. The van der Waals surface area contributed by atoms with E-state index in [1.54, 1.807) is 0 Å². The van der Waals surface area contributed by atoms with Gasteiger partial charge in [0.2, 0.25) is 0 Å². The molecular weight excluding hydrogens is 176 g/mol. The molecule has 0 fully saturated rings. The number of phenolic OH excluding ortho intramolecular Hbond substituents is 1. The van der Waals surface area contributed by atoms with Gasteiger partial charge in [-0.3, -0.25) is 4.63 Å². The lowest BCUT2D eigenvalue weighted by Gasteiger charge is -1.97. The fourth-order valence-electron chi connectivity index (χ4n) is 1.08. The lowest BCUT2D eigenvalue weighted by Crippen LogP contribution is -2.23. The number of hydrogen-bond donors (Lipinski definition) is 3. The van der Waals surface area contributed by atoms with E-state index in [4.69, 9.17) is 11.5 Å². The quantitative estimate of drug-likeness (QED) is 0.282. The first-order chi connectivity index (χ1) is 6.11. The van der Waals surface area contributed by atoms with Crippen LogP contribution in [0, 0.1) is 5.21 Å². The summed E-state index contributed by atoms with van der Waals surface area (Å²) in [7, 11) is 0. The fraction of sp³-hybridized carbons (Fsp3) is 0. The number of nitrogens with zero attached hydrogens (tertiary/aromatic N) is 2. The standard InChI is InChI=1S/C6H6N4O3/c7-2-1-3(11)4(8)5-6(2)10(12)13-9-5/h1,11H,7-8H2. The summed E-state index contributed by atoms with van der Waals surface area (Å²) in [5, 5.41) is 23.5. The van der Waals surface area contributed by atoms with E-state index in [2.05, 4.69) is 9.79 Å². The number of nitrogen functional groups attached to an aromatic ring is 2. The Hall–Kier alpha value is -2.18. The number of anilines is 2. The van der Waals surface area contributed by atoms with E-state index in [-0.39, 0.29) is 33.1 Å². The summed E-state index contributed by atoms with van der Waals surface area (Å²) < 4.78 is 4.27. The predicted molar refractivity (Wildman–Crippen MR) is 43.5 cm³/mol. The minimum Gasteiger partial charge on any atom is -0.506 e. The van der Waals surface area contributed by atoms with Gasteiger partial charge in [0.15, 0.2) is 0 Å². The lowest BCUT2D eigenvalue weighted by atomic mass is 10.2. The summed E-state index contributed by atoms with van der Waals surface area (Å²) in [5.41, 5.74) is 11.0. The Morgan fingerprint density at radius 2 is 2.23 bits per heavy atom. The molecule has 1 aromatic carbocycles. The first-order valence-corrected chi connectivity index (χ1v) is 3.37. The lowest BCUT2D eigenvalue weighted by molar-refractivity contribution is -0.781. The van der Waals surface area contributed by atoms with Crippen LogP contribution in [0.25, 0.3) is 11.0 Å². The molecule has 7 heteroatoms. The largest absolute Gasteiger partial charge is 0.506 e. The summed E-state index contributed by atoms with van der Waals surface area (Å²) in [6, 6.07) is 1.17. The Labute approximate surface area is 71.7 Å². The van der Waals surface area contributed by atoms with Gasteiger partial charge in [-0.1, -0.05) is 0 Å². The molecule has 68 valence electrons. The molecule has 1 aromatic heterocycles. The SMILES string of the molecule is Nc1c(O)cc(N)c2c1no[n+]2[O-]. The number of rotatable bonds is 0. The predicted octanol–water partition coefficient (Wildman–Crippen LogP) is -0.669. The normalized spacial score (nSPS) is 10.8. The average Bonchev–Trinajstić information content (AvgIpc) is 2.44. The van der Waals surface area contributed by atoms with Crippen molar-refractivity contribution in [3.8, 4) is 5.75 Å². The molecule has 5 N–H and O–H groups in total. The Morgan fingerprint density at radius 1 is 1.54 bits per heavy atom. The summed E-state index contributed by atoms with van der Waals surface area (Å²) in [4.78, 5) is 0.139. The van der Waals surface area contributed by atoms with Crippen molar-refractivity contribution in [2.24, 2.45) is 0 Å². The van der Waals surface area contributed by atoms with Crippen molar-refractivity contribution in [2.75, 3.05) is 11.5 Å². The highest BCUT2D eigenvalue weighted by Crippen LogP contribution is 2.30. The number of nitrogens with two attached hydrogens (primary N) is 2. The third-order valence-electron chi connectivity index (χ3n) is 1.71. The van der Waals surface area contributed by atoms with Crippen molar-refractivity contribution in [3.63, 3.8) is 0 Å². The molecule has 0 aliphatic carbocycles. The van der Waals surface area contributed by atoms with Gasteiger partial charge in [0.25, 0.3) is 11.0 Å². The maximum absolute atomic E-state index is 10.9. The smallest absolute Gasteiger partial charge is 0.277 e. The monoisotopic (exact) mass is 182 g/mol. The van der Waals surface area contributed by atoms with Crippen LogP contribution in [0.2, 0.25) is 0 Å². The molecular formula is C6H6N4O3. The second-order valence-electron chi connectivity index (χ2n) is 2.53. The van der Waals surface area contributed by atoms with Gasteiger partial charge in [-0.15, -0.1) is 0 Å². The summed E-state index contributed by atoms with van der Waals surface area (Å²) in [5.74, 6) is -0.223. The van der Waals surface area contributed by atoms with Crippen molar-refractivity contribution >= 4 is 22.4 Å². The molecule has 0 radical (unpaired) electrons. The van der Waals surface area contributed by atoms with Gasteiger partial charge in [-0.2, -0.15) is 0 Å². The van der Waals surface area contributed by atoms with Crippen molar-refractivity contribution in [3.05, 3.63) is 11.3 Å². The summed E-state index contributed by atoms with van der Waals surface area (Å²) in [6.45, 7) is 0. The van der Waals surface area contributed by atoms with Gasteiger partial charge >= 0.3 is 0 Å². The molecule has 0 atom stereocenters. The van der Waals surface area contributed by atoms with E-state index in [1.807, 2.05) is 0 Å². The van der Waals surface area contributed by atoms with Crippen LogP contribution in [0.4, 0.5) is 11.4 Å². The zero-order valence-electron chi connectivity index (χ0n) is 6.39. The van der Waals surface area contributed by atoms with Gasteiger partial charge < -0.3 is 21.8 Å². The van der Waals surface area contributed by atoms with Crippen molar-refractivity contribution in [1.29, 1.82) is 0 Å². The van der Waals surface area contributed by atoms with Gasteiger partial charge in [-0.25, -0.2) is 0 Å². The summed E-state index contributed by atoms with van der Waals surface area (Å²) in [6.07, 6.45) is 0. The number of aromatic hydroxyl groups is 1. The van der Waals surface area contributed by atoms with E-state index >= 15 is 0 Å². The van der Waals surface area contributed by atoms with Crippen LogP contribution in [0.1, 0.15) is 0 Å². The Bertz CT molecular complexity index is 478. The van der Waals surface area contributed by atoms with Crippen LogP contribution in [-0.2, 0) is 0 Å². The van der Waals surface area contributed by atoms with E-state index in [0.717, 1.165) is 0 Å². The van der Waals surface area contributed by atoms with E-state index in [0.29, 0.717) is 0 Å². The van der Waals surface area contributed by atoms with Crippen LogP contribution < -0.4 is 16.4 Å². The van der Waals surface area contributed by atoms with Crippen LogP contribution in [0.3, 0.4) is 0 Å². The number of phenols is 1. The van der Waals surface area contributed by atoms with Crippen LogP contribution >= 0.6 is 0 Å². The Balaban J connectivity index is 2.99. The van der Waals surface area contributed by atoms with Gasteiger partial charge in [0, 0.05) is 11.2 Å². The van der Waals surface area contributed by atoms with Gasteiger partial charge in [0.1, 0.15) is 11.4 Å². The van der Waals surface area contributed by atoms with E-state index < -0.39 is 0 Å². The number of aromatic nitrogens is 2. The molecule has 0 bridgehead atoms.